The molecule has 2 unspecified atom stereocenters. The number of ether oxygens (including phenoxy) is 2. The maximum atomic E-state index is 12.4. The van der Waals surface area contributed by atoms with E-state index in [9.17, 15) is 19.0 Å². The molecular formula is C35H70NO8P. The Bertz CT molecular complexity index is 724. The Labute approximate surface area is 276 Å². The third-order valence-electron chi connectivity index (χ3n) is 7.99. The van der Waals surface area contributed by atoms with Crippen LogP contribution in [0.25, 0.3) is 0 Å². The molecule has 10 heteroatoms. The van der Waals surface area contributed by atoms with Crippen molar-refractivity contribution in [1.82, 2.24) is 0 Å². The van der Waals surface area contributed by atoms with Crippen LogP contribution in [-0.2, 0) is 32.7 Å². The van der Waals surface area contributed by atoms with Crippen molar-refractivity contribution in [2.75, 3.05) is 26.4 Å². The summed E-state index contributed by atoms with van der Waals surface area (Å²) < 4.78 is 32.3. The van der Waals surface area contributed by atoms with Gasteiger partial charge in [0, 0.05) is 19.4 Å². The Kier molecular flexibility index (Phi) is 32.2. The lowest BCUT2D eigenvalue weighted by molar-refractivity contribution is -0.161. The molecule has 0 radical (unpaired) electrons. The predicted molar refractivity (Wildman–Crippen MR) is 183 cm³/mol. The average Bonchev–Trinajstić information content (AvgIpc) is 3.02. The van der Waals surface area contributed by atoms with Gasteiger partial charge in [-0.3, -0.25) is 18.6 Å². The van der Waals surface area contributed by atoms with Gasteiger partial charge in [-0.15, -0.1) is 0 Å². The van der Waals surface area contributed by atoms with Crippen molar-refractivity contribution in [3.05, 3.63) is 0 Å². The molecule has 2 atom stereocenters. The van der Waals surface area contributed by atoms with Gasteiger partial charge in [0.15, 0.2) is 6.10 Å². The van der Waals surface area contributed by atoms with Gasteiger partial charge in [-0.2, -0.15) is 0 Å². The Hall–Kier alpha value is -0.990. The Morgan fingerprint density at radius 2 is 0.956 bits per heavy atom. The van der Waals surface area contributed by atoms with E-state index in [2.05, 4.69) is 6.92 Å². The molecular weight excluding hydrogens is 593 g/mol. The second-order valence-corrected chi connectivity index (χ2v) is 13.9. The molecule has 0 aromatic heterocycles. The van der Waals surface area contributed by atoms with Crippen molar-refractivity contribution in [3.8, 4) is 0 Å². The first kappa shape index (κ1) is 44.0. The lowest BCUT2D eigenvalue weighted by Gasteiger charge is -2.19. The van der Waals surface area contributed by atoms with Crippen molar-refractivity contribution in [2.45, 2.75) is 187 Å². The van der Waals surface area contributed by atoms with Crippen molar-refractivity contribution in [2.24, 2.45) is 5.73 Å². The first-order valence-electron chi connectivity index (χ1n) is 18.5. The minimum absolute atomic E-state index is 0.0568. The number of phosphoric ester groups is 1. The fourth-order valence-corrected chi connectivity index (χ4v) is 5.99. The molecule has 0 amide bonds. The highest BCUT2D eigenvalue weighted by atomic mass is 31.2. The topological polar surface area (TPSA) is 134 Å². The summed E-state index contributed by atoms with van der Waals surface area (Å²) in [5, 5.41) is 0. The summed E-state index contributed by atoms with van der Waals surface area (Å²) in [6, 6.07) is 0. The molecule has 0 aliphatic rings. The second kappa shape index (κ2) is 32.9. The van der Waals surface area contributed by atoms with Crippen LogP contribution in [0.5, 0.6) is 0 Å². The van der Waals surface area contributed by atoms with Crippen LogP contribution in [0.3, 0.4) is 0 Å². The standard InChI is InChI=1S/C35H70NO8P/c1-3-5-7-8-9-10-11-12-13-14-15-16-17-18-19-20-21-22-23-24-26-28-35(38)44-33(31-41-34(37)27-25-6-4-2)32-43-45(39,40)42-30-29-36/h33H,3-32,36H2,1-2H3,(H,39,40). The lowest BCUT2D eigenvalue weighted by Crippen LogP contribution is -2.29. The minimum atomic E-state index is -4.35. The maximum absolute atomic E-state index is 12.4. The van der Waals surface area contributed by atoms with Crippen LogP contribution in [0.1, 0.15) is 181 Å². The van der Waals surface area contributed by atoms with E-state index in [1.165, 1.54) is 116 Å². The molecule has 268 valence electrons. The van der Waals surface area contributed by atoms with Gasteiger partial charge in [0.1, 0.15) is 6.61 Å². The number of hydrogen-bond donors (Lipinski definition) is 2. The highest BCUT2D eigenvalue weighted by molar-refractivity contribution is 7.47. The van der Waals surface area contributed by atoms with Gasteiger partial charge in [0.25, 0.3) is 0 Å². The molecule has 0 rings (SSSR count). The highest BCUT2D eigenvalue weighted by Crippen LogP contribution is 2.43. The number of carbonyl (C=O) groups is 2. The van der Waals surface area contributed by atoms with E-state index in [1.54, 1.807) is 0 Å². The number of phosphoric acid groups is 1. The summed E-state index contributed by atoms with van der Waals surface area (Å²) in [4.78, 5) is 34.1. The predicted octanol–water partition coefficient (Wildman–Crippen LogP) is 9.72. The summed E-state index contributed by atoms with van der Waals surface area (Å²) in [5.74, 6) is -0.848. The molecule has 0 bridgehead atoms. The average molecular weight is 664 g/mol. The summed E-state index contributed by atoms with van der Waals surface area (Å²) in [5.41, 5.74) is 5.30. The van der Waals surface area contributed by atoms with Crippen LogP contribution >= 0.6 is 7.82 Å². The number of carbonyl (C=O) groups excluding carboxylic acids is 2. The monoisotopic (exact) mass is 663 g/mol. The number of unbranched alkanes of at least 4 members (excludes halogenated alkanes) is 22. The zero-order valence-corrected chi connectivity index (χ0v) is 30.0. The summed E-state index contributed by atoms with van der Waals surface area (Å²) in [7, 11) is -4.35. The van der Waals surface area contributed by atoms with Gasteiger partial charge in [-0.1, -0.05) is 155 Å². The van der Waals surface area contributed by atoms with E-state index < -0.39 is 32.5 Å². The van der Waals surface area contributed by atoms with Gasteiger partial charge in [-0.25, -0.2) is 4.57 Å². The molecule has 45 heavy (non-hydrogen) atoms. The zero-order chi connectivity index (χ0) is 33.3. The van der Waals surface area contributed by atoms with E-state index >= 15 is 0 Å². The van der Waals surface area contributed by atoms with Crippen molar-refractivity contribution in [3.63, 3.8) is 0 Å². The number of rotatable bonds is 35. The van der Waals surface area contributed by atoms with E-state index in [1.807, 2.05) is 6.92 Å². The van der Waals surface area contributed by atoms with Crippen molar-refractivity contribution in [1.29, 1.82) is 0 Å². The third-order valence-corrected chi connectivity index (χ3v) is 8.98. The number of hydrogen-bond acceptors (Lipinski definition) is 8. The Balaban J connectivity index is 3.87. The summed E-state index contributed by atoms with van der Waals surface area (Å²) in [6.45, 7) is 3.56. The first-order chi connectivity index (χ1) is 21.8. The largest absolute Gasteiger partial charge is 0.472 e. The minimum Gasteiger partial charge on any atom is -0.462 e. The molecule has 0 saturated carbocycles. The second-order valence-electron chi connectivity index (χ2n) is 12.5. The molecule has 0 aliphatic heterocycles. The number of nitrogens with two attached hydrogens (primary N) is 1. The van der Waals surface area contributed by atoms with E-state index in [0.29, 0.717) is 12.8 Å². The van der Waals surface area contributed by atoms with Gasteiger partial charge >= 0.3 is 19.8 Å². The quantitative estimate of drug-likeness (QED) is 0.0386. The molecule has 0 heterocycles. The Morgan fingerprint density at radius 3 is 1.40 bits per heavy atom. The van der Waals surface area contributed by atoms with Crippen LogP contribution in [0, 0.1) is 0 Å². The molecule has 0 spiro atoms. The number of esters is 2. The Morgan fingerprint density at radius 1 is 0.578 bits per heavy atom. The third kappa shape index (κ3) is 32.7. The molecule has 0 aliphatic carbocycles. The van der Waals surface area contributed by atoms with Gasteiger partial charge < -0.3 is 20.1 Å². The molecule has 0 saturated heterocycles. The lowest BCUT2D eigenvalue weighted by atomic mass is 10.0. The summed E-state index contributed by atoms with van der Waals surface area (Å²) >= 11 is 0. The fraction of sp³-hybridized carbons (Fsp3) is 0.943. The molecule has 0 fully saturated rings. The first-order valence-corrected chi connectivity index (χ1v) is 20.0. The van der Waals surface area contributed by atoms with Crippen LogP contribution < -0.4 is 5.73 Å². The SMILES string of the molecule is CCCCCCCCCCCCCCCCCCCCCCCC(=O)OC(COC(=O)CCCCC)COP(=O)(O)OCCN. The van der Waals surface area contributed by atoms with Gasteiger partial charge in [0.2, 0.25) is 0 Å². The van der Waals surface area contributed by atoms with Crippen LogP contribution in [0.15, 0.2) is 0 Å². The fourth-order valence-electron chi connectivity index (χ4n) is 5.22. The highest BCUT2D eigenvalue weighted by Gasteiger charge is 2.25. The molecule has 9 nitrogen and oxygen atoms in total. The molecule has 0 aromatic rings. The maximum Gasteiger partial charge on any atom is 0.472 e. The van der Waals surface area contributed by atoms with Crippen molar-refractivity contribution < 1.29 is 37.6 Å². The van der Waals surface area contributed by atoms with Crippen LogP contribution in [0.2, 0.25) is 0 Å². The van der Waals surface area contributed by atoms with E-state index in [4.69, 9.17) is 24.3 Å². The molecule has 3 N–H and O–H groups in total. The summed E-state index contributed by atoms with van der Waals surface area (Å²) in [6.07, 6.45) is 29.4. The van der Waals surface area contributed by atoms with Gasteiger partial charge in [0.05, 0.1) is 13.2 Å². The smallest absolute Gasteiger partial charge is 0.462 e. The van der Waals surface area contributed by atoms with E-state index in [0.717, 1.165) is 25.7 Å². The zero-order valence-electron chi connectivity index (χ0n) is 29.1. The normalized spacial score (nSPS) is 13.4. The van der Waals surface area contributed by atoms with E-state index in [-0.39, 0.29) is 32.6 Å². The van der Waals surface area contributed by atoms with Crippen LogP contribution in [0.4, 0.5) is 0 Å². The molecule has 0 aromatic carbocycles. The van der Waals surface area contributed by atoms with Gasteiger partial charge in [-0.05, 0) is 12.8 Å². The van der Waals surface area contributed by atoms with Crippen molar-refractivity contribution >= 4 is 19.8 Å². The van der Waals surface area contributed by atoms with Crippen LogP contribution in [-0.4, -0.2) is 49.3 Å².